The summed E-state index contributed by atoms with van der Waals surface area (Å²) in [5, 5.41) is 3.41. The number of nitrogens with one attached hydrogen (secondary N) is 1. The van der Waals surface area contributed by atoms with Crippen molar-refractivity contribution in [1.82, 2.24) is 10.2 Å². The van der Waals surface area contributed by atoms with Gasteiger partial charge in [0.25, 0.3) is 0 Å². The summed E-state index contributed by atoms with van der Waals surface area (Å²) in [6, 6.07) is 11.6. The third-order valence-corrected chi connectivity index (χ3v) is 6.68. The summed E-state index contributed by atoms with van der Waals surface area (Å²) in [6.45, 7) is 9.54. The summed E-state index contributed by atoms with van der Waals surface area (Å²) < 4.78 is 26.4. The lowest BCUT2D eigenvalue weighted by molar-refractivity contribution is -0.139. The average molecular weight is 508 g/mol. The van der Waals surface area contributed by atoms with Crippen LogP contribution in [0.25, 0.3) is 0 Å². The molecule has 0 aliphatic heterocycles. The van der Waals surface area contributed by atoms with Crippen LogP contribution in [0.2, 0.25) is 5.02 Å². The van der Waals surface area contributed by atoms with Gasteiger partial charge in [-0.2, -0.15) is 0 Å². The average Bonchev–Trinajstić information content (AvgIpc) is 2.73. The van der Waals surface area contributed by atoms with Crippen LogP contribution in [0.5, 0.6) is 0 Å². The summed E-state index contributed by atoms with van der Waals surface area (Å²) >= 11 is 5.99. The SMILES string of the molecule is Cc1cc(C)cc(N(CC(=O)N(Cc2ccc(Cl)cc2)[C@@H](C)C(=O)NCC(C)C)S(C)(=O)=O)c1. The predicted octanol–water partition coefficient (Wildman–Crippen LogP) is 3.91. The zero-order chi connectivity index (χ0) is 25.6. The van der Waals surface area contributed by atoms with Crippen molar-refractivity contribution in [1.29, 1.82) is 0 Å². The van der Waals surface area contributed by atoms with Gasteiger partial charge in [-0.3, -0.25) is 13.9 Å². The van der Waals surface area contributed by atoms with Crippen LogP contribution in [0.3, 0.4) is 0 Å². The topological polar surface area (TPSA) is 86.8 Å². The fourth-order valence-electron chi connectivity index (χ4n) is 3.53. The van der Waals surface area contributed by atoms with E-state index in [0.717, 1.165) is 27.3 Å². The first kappa shape index (κ1) is 27.7. The van der Waals surface area contributed by atoms with Crippen LogP contribution in [0.1, 0.15) is 37.5 Å². The molecule has 0 fully saturated rings. The monoisotopic (exact) mass is 507 g/mol. The third kappa shape index (κ3) is 8.02. The third-order valence-electron chi connectivity index (χ3n) is 5.29. The second kappa shape index (κ2) is 11.7. The van der Waals surface area contributed by atoms with E-state index in [1.54, 1.807) is 43.3 Å². The van der Waals surface area contributed by atoms with Gasteiger partial charge in [-0.1, -0.05) is 43.6 Å². The number of benzene rings is 2. The molecule has 186 valence electrons. The van der Waals surface area contributed by atoms with Crippen LogP contribution in [0.15, 0.2) is 42.5 Å². The number of carbonyl (C=O) groups excluding carboxylic acids is 2. The van der Waals surface area contributed by atoms with Crippen molar-refractivity contribution in [2.45, 2.75) is 47.2 Å². The Kier molecular flexibility index (Phi) is 9.53. The molecule has 0 heterocycles. The summed E-state index contributed by atoms with van der Waals surface area (Å²) in [5.74, 6) is -0.526. The molecular weight excluding hydrogens is 474 g/mol. The highest BCUT2D eigenvalue weighted by atomic mass is 35.5. The van der Waals surface area contributed by atoms with Crippen molar-refractivity contribution in [2.24, 2.45) is 5.92 Å². The summed E-state index contributed by atoms with van der Waals surface area (Å²) in [4.78, 5) is 27.7. The van der Waals surface area contributed by atoms with Crippen LogP contribution in [0, 0.1) is 19.8 Å². The van der Waals surface area contributed by atoms with Gasteiger partial charge in [0.2, 0.25) is 21.8 Å². The van der Waals surface area contributed by atoms with Crippen LogP contribution >= 0.6 is 11.6 Å². The van der Waals surface area contributed by atoms with E-state index >= 15 is 0 Å². The molecule has 0 aromatic heterocycles. The lowest BCUT2D eigenvalue weighted by Crippen LogP contribution is -2.51. The Morgan fingerprint density at radius 1 is 1.00 bits per heavy atom. The molecule has 0 saturated carbocycles. The Bertz CT molecular complexity index is 1100. The summed E-state index contributed by atoms with van der Waals surface area (Å²) in [6.07, 6.45) is 1.07. The number of hydrogen-bond acceptors (Lipinski definition) is 4. The van der Waals surface area contributed by atoms with E-state index in [9.17, 15) is 18.0 Å². The molecule has 0 unspecified atom stereocenters. The number of amides is 2. The van der Waals surface area contributed by atoms with Crippen molar-refractivity contribution in [3.63, 3.8) is 0 Å². The van der Waals surface area contributed by atoms with Crippen LogP contribution in [-0.4, -0.2) is 50.5 Å². The number of nitrogens with zero attached hydrogens (tertiary/aromatic N) is 2. The van der Waals surface area contributed by atoms with Gasteiger partial charge in [-0.05, 0) is 67.6 Å². The highest BCUT2D eigenvalue weighted by Gasteiger charge is 2.30. The van der Waals surface area contributed by atoms with E-state index in [1.165, 1.54) is 4.90 Å². The van der Waals surface area contributed by atoms with E-state index in [0.29, 0.717) is 17.3 Å². The van der Waals surface area contributed by atoms with Crippen LogP contribution < -0.4 is 9.62 Å². The number of sulfonamides is 1. The number of halogens is 1. The summed E-state index contributed by atoms with van der Waals surface area (Å²) in [5.41, 5.74) is 2.96. The van der Waals surface area contributed by atoms with Crippen molar-refractivity contribution >= 4 is 39.1 Å². The molecule has 0 radical (unpaired) electrons. The molecule has 2 aromatic rings. The smallest absolute Gasteiger partial charge is 0.244 e. The van der Waals surface area contributed by atoms with Gasteiger partial charge in [-0.25, -0.2) is 8.42 Å². The van der Waals surface area contributed by atoms with Gasteiger partial charge >= 0.3 is 0 Å². The van der Waals surface area contributed by atoms with E-state index in [2.05, 4.69) is 5.32 Å². The zero-order valence-corrected chi connectivity index (χ0v) is 22.2. The minimum Gasteiger partial charge on any atom is -0.354 e. The van der Waals surface area contributed by atoms with Gasteiger partial charge in [-0.15, -0.1) is 0 Å². The van der Waals surface area contributed by atoms with Crippen molar-refractivity contribution in [3.8, 4) is 0 Å². The lowest BCUT2D eigenvalue weighted by Gasteiger charge is -2.31. The number of hydrogen-bond donors (Lipinski definition) is 1. The molecule has 0 bridgehead atoms. The number of carbonyl (C=O) groups is 2. The maximum Gasteiger partial charge on any atom is 0.244 e. The Morgan fingerprint density at radius 2 is 1.56 bits per heavy atom. The molecule has 2 aromatic carbocycles. The molecule has 2 rings (SSSR count). The first-order chi connectivity index (χ1) is 15.8. The van der Waals surface area contributed by atoms with Gasteiger partial charge in [0.1, 0.15) is 12.6 Å². The van der Waals surface area contributed by atoms with E-state index < -0.39 is 28.5 Å². The maximum absolute atomic E-state index is 13.5. The highest BCUT2D eigenvalue weighted by Crippen LogP contribution is 2.22. The quantitative estimate of drug-likeness (QED) is 0.528. The molecular formula is C25H34ClN3O4S. The van der Waals surface area contributed by atoms with Gasteiger partial charge in [0.15, 0.2) is 0 Å². The molecule has 7 nitrogen and oxygen atoms in total. The summed E-state index contributed by atoms with van der Waals surface area (Å²) in [7, 11) is -3.76. The van der Waals surface area contributed by atoms with E-state index in [-0.39, 0.29) is 18.4 Å². The molecule has 1 atom stereocenters. The van der Waals surface area contributed by atoms with Crippen molar-refractivity contribution < 1.29 is 18.0 Å². The normalized spacial score (nSPS) is 12.4. The molecule has 0 aliphatic carbocycles. The number of anilines is 1. The van der Waals surface area contributed by atoms with E-state index in [4.69, 9.17) is 11.6 Å². The number of aryl methyl sites for hydroxylation is 2. The van der Waals surface area contributed by atoms with Gasteiger partial charge < -0.3 is 10.2 Å². The minimum absolute atomic E-state index is 0.136. The van der Waals surface area contributed by atoms with Gasteiger partial charge in [0, 0.05) is 18.1 Å². The van der Waals surface area contributed by atoms with Crippen LogP contribution in [0.4, 0.5) is 5.69 Å². The second-order valence-corrected chi connectivity index (χ2v) is 11.4. The largest absolute Gasteiger partial charge is 0.354 e. The second-order valence-electron chi connectivity index (χ2n) is 9.08. The van der Waals surface area contributed by atoms with Crippen molar-refractivity contribution in [2.75, 3.05) is 23.7 Å². The predicted molar refractivity (Wildman–Crippen MR) is 137 cm³/mol. The Morgan fingerprint density at radius 3 is 2.06 bits per heavy atom. The molecule has 0 aliphatic rings. The fourth-order valence-corrected chi connectivity index (χ4v) is 4.49. The Labute approximate surface area is 208 Å². The molecule has 0 spiro atoms. The standard InChI is InChI=1S/C25H34ClN3O4S/c1-17(2)14-27-25(31)20(5)28(15-21-7-9-22(26)10-8-21)24(30)16-29(34(6,32)33)23-12-18(3)11-19(4)13-23/h7-13,17,20H,14-16H2,1-6H3,(H,27,31)/t20-/m0/s1. The fraction of sp³-hybridized carbons (Fsp3) is 0.440. The number of rotatable bonds is 10. The zero-order valence-electron chi connectivity index (χ0n) is 20.6. The van der Waals surface area contributed by atoms with Crippen molar-refractivity contribution in [3.05, 3.63) is 64.2 Å². The lowest BCUT2D eigenvalue weighted by atomic mass is 10.1. The Balaban J connectivity index is 2.39. The first-order valence-corrected chi connectivity index (χ1v) is 13.4. The molecule has 9 heteroatoms. The molecule has 1 N–H and O–H groups in total. The Hall–Kier alpha value is -2.58. The van der Waals surface area contributed by atoms with Crippen LogP contribution in [-0.2, 0) is 26.2 Å². The molecule has 34 heavy (non-hydrogen) atoms. The maximum atomic E-state index is 13.5. The molecule has 0 saturated heterocycles. The first-order valence-electron chi connectivity index (χ1n) is 11.2. The van der Waals surface area contributed by atoms with E-state index in [1.807, 2.05) is 33.8 Å². The minimum atomic E-state index is -3.76. The van der Waals surface area contributed by atoms with Gasteiger partial charge in [0.05, 0.1) is 11.9 Å². The molecule has 2 amide bonds. The highest BCUT2D eigenvalue weighted by molar-refractivity contribution is 7.92.